The van der Waals surface area contributed by atoms with Crippen LogP contribution in [0.4, 0.5) is 4.39 Å². The zero-order valence-electron chi connectivity index (χ0n) is 11.6. The number of rotatable bonds is 3. The van der Waals surface area contributed by atoms with Gasteiger partial charge in [-0.05, 0) is 54.9 Å². The normalized spacial score (nSPS) is 27.8. The van der Waals surface area contributed by atoms with Crippen molar-refractivity contribution in [1.82, 2.24) is 0 Å². The first kappa shape index (κ1) is 15.0. The fourth-order valence-electron chi connectivity index (χ4n) is 3.15. The molecule has 1 N–H and O–H groups in total. The van der Waals surface area contributed by atoms with Crippen LogP contribution in [-0.4, -0.2) is 10.7 Å². The summed E-state index contributed by atoms with van der Waals surface area (Å²) in [5, 5.41) is 10.8. The summed E-state index contributed by atoms with van der Waals surface area (Å²) >= 11 is 3.37. The van der Waals surface area contributed by atoms with E-state index in [0.717, 1.165) is 23.7 Å². The van der Waals surface area contributed by atoms with Gasteiger partial charge in [-0.25, -0.2) is 4.39 Å². The molecule has 0 heterocycles. The van der Waals surface area contributed by atoms with Crippen LogP contribution in [0.2, 0.25) is 0 Å². The van der Waals surface area contributed by atoms with Gasteiger partial charge in [0.05, 0.1) is 5.60 Å². The van der Waals surface area contributed by atoms with Gasteiger partial charge in [-0.15, -0.1) is 0 Å². The first-order valence-corrected chi connectivity index (χ1v) is 7.85. The number of hydrogen-bond donors (Lipinski definition) is 1. The minimum absolute atomic E-state index is 0.219. The van der Waals surface area contributed by atoms with E-state index < -0.39 is 5.60 Å². The van der Waals surface area contributed by atoms with Crippen molar-refractivity contribution < 1.29 is 9.50 Å². The van der Waals surface area contributed by atoms with Crippen molar-refractivity contribution in [3.05, 3.63) is 34.1 Å². The third-order valence-corrected chi connectivity index (χ3v) is 4.82. The Morgan fingerprint density at radius 2 is 2.21 bits per heavy atom. The molecule has 1 aliphatic rings. The molecule has 1 nitrogen and oxygen atoms in total. The second-order valence-corrected chi connectivity index (χ2v) is 7.15. The number of halogens is 2. The molecule has 0 aromatic heterocycles. The lowest BCUT2D eigenvalue weighted by atomic mass is 9.71. The minimum Gasteiger partial charge on any atom is -0.390 e. The van der Waals surface area contributed by atoms with Crippen molar-refractivity contribution in [3.8, 4) is 0 Å². The Morgan fingerprint density at radius 1 is 1.47 bits per heavy atom. The molecule has 2 atom stereocenters. The van der Waals surface area contributed by atoms with E-state index in [0.29, 0.717) is 23.8 Å². The summed E-state index contributed by atoms with van der Waals surface area (Å²) in [5.74, 6) is 0.913. The van der Waals surface area contributed by atoms with E-state index >= 15 is 0 Å². The van der Waals surface area contributed by atoms with E-state index in [1.165, 1.54) is 12.5 Å². The third kappa shape index (κ3) is 3.79. The zero-order chi connectivity index (χ0) is 14.0. The highest BCUT2D eigenvalue weighted by atomic mass is 79.9. The second-order valence-electron chi connectivity index (χ2n) is 6.24. The number of benzene rings is 1. The summed E-state index contributed by atoms with van der Waals surface area (Å²) in [4.78, 5) is 0. The largest absolute Gasteiger partial charge is 0.390 e. The van der Waals surface area contributed by atoms with Gasteiger partial charge in [-0.1, -0.05) is 36.2 Å². The molecule has 1 aromatic carbocycles. The van der Waals surface area contributed by atoms with Crippen molar-refractivity contribution in [3.63, 3.8) is 0 Å². The molecular formula is C16H22BrFO. The summed E-state index contributed by atoms with van der Waals surface area (Å²) in [7, 11) is 0. The fourth-order valence-corrected chi connectivity index (χ4v) is 3.56. The predicted octanol–water partition coefficient (Wildman–Crippen LogP) is 4.71. The zero-order valence-corrected chi connectivity index (χ0v) is 13.2. The molecule has 1 saturated carbocycles. The Morgan fingerprint density at radius 3 is 2.89 bits per heavy atom. The minimum atomic E-state index is -0.741. The molecule has 0 saturated heterocycles. The van der Waals surface area contributed by atoms with E-state index in [9.17, 15) is 9.50 Å². The monoisotopic (exact) mass is 328 g/mol. The first-order valence-electron chi connectivity index (χ1n) is 7.06. The van der Waals surface area contributed by atoms with E-state index in [2.05, 4.69) is 29.8 Å². The van der Waals surface area contributed by atoms with Gasteiger partial charge in [0.1, 0.15) is 5.82 Å². The second kappa shape index (κ2) is 5.92. The van der Waals surface area contributed by atoms with Gasteiger partial charge in [0.25, 0.3) is 0 Å². The highest BCUT2D eigenvalue weighted by Crippen LogP contribution is 2.38. The summed E-state index contributed by atoms with van der Waals surface area (Å²) in [5.41, 5.74) is -0.129. The van der Waals surface area contributed by atoms with Gasteiger partial charge >= 0.3 is 0 Å². The highest BCUT2D eigenvalue weighted by molar-refractivity contribution is 9.10. The Hall–Kier alpha value is -0.410. The van der Waals surface area contributed by atoms with Gasteiger partial charge in [0.15, 0.2) is 0 Å². The molecule has 1 aliphatic carbocycles. The molecule has 19 heavy (non-hydrogen) atoms. The molecule has 1 aromatic rings. The highest BCUT2D eigenvalue weighted by Gasteiger charge is 2.36. The Balaban J connectivity index is 2.14. The molecule has 2 unspecified atom stereocenters. The van der Waals surface area contributed by atoms with E-state index in [1.807, 2.05) is 0 Å². The molecule has 0 bridgehead atoms. The van der Waals surface area contributed by atoms with Crippen LogP contribution in [0.15, 0.2) is 22.7 Å². The topological polar surface area (TPSA) is 20.2 Å². The van der Waals surface area contributed by atoms with Gasteiger partial charge in [0.2, 0.25) is 0 Å². The average Bonchev–Trinajstić information content (AvgIpc) is 2.33. The van der Waals surface area contributed by atoms with Crippen LogP contribution in [0.25, 0.3) is 0 Å². The molecule has 0 radical (unpaired) electrons. The maximum absolute atomic E-state index is 13.8. The molecule has 106 valence electrons. The van der Waals surface area contributed by atoms with Crippen LogP contribution in [0.1, 0.15) is 45.1 Å². The molecular weight excluding hydrogens is 307 g/mol. The van der Waals surface area contributed by atoms with Crippen LogP contribution in [-0.2, 0) is 6.42 Å². The van der Waals surface area contributed by atoms with E-state index in [-0.39, 0.29) is 5.82 Å². The smallest absolute Gasteiger partial charge is 0.126 e. The van der Waals surface area contributed by atoms with E-state index in [1.54, 1.807) is 12.1 Å². The molecule has 0 spiro atoms. The standard InChI is InChI=1S/C16H22BrFO/c1-11(2)12-4-3-7-16(19,9-12)10-13-8-14(17)5-6-15(13)18/h5-6,8,11-12,19H,3-4,7,9-10H2,1-2H3. The van der Waals surface area contributed by atoms with Crippen LogP contribution in [0.3, 0.4) is 0 Å². The van der Waals surface area contributed by atoms with E-state index in [4.69, 9.17) is 0 Å². The van der Waals surface area contributed by atoms with Crippen molar-refractivity contribution >= 4 is 15.9 Å². The van der Waals surface area contributed by atoms with Gasteiger partial charge in [-0.2, -0.15) is 0 Å². The van der Waals surface area contributed by atoms with Gasteiger partial charge in [-0.3, -0.25) is 0 Å². The van der Waals surface area contributed by atoms with Gasteiger partial charge < -0.3 is 5.11 Å². The summed E-state index contributed by atoms with van der Waals surface area (Å²) in [6.45, 7) is 4.41. The summed E-state index contributed by atoms with van der Waals surface area (Å²) < 4.78 is 14.7. The van der Waals surface area contributed by atoms with Crippen LogP contribution < -0.4 is 0 Å². The predicted molar refractivity (Wildman–Crippen MR) is 79.5 cm³/mol. The lowest BCUT2D eigenvalue weighted by Gasteiger charge is -2.38. The maximum Gasteiger partial charge on any atom is 0.126 e. The number of hydrogen-bond acceptors (Lipinski definition) is 1. The Bertz CT molecular complexity index is 446. The fraction of sp³-hybridized carbons (Fsp3) is 0.625. The summed E-state index contributed by atoms with van der Waals surface area (Å²) in [6.07, 6.45) is 4.20. The number of aliphatic hydroxyl groups is 1. The quantitative estimate of drug-likeness (QED) is 0.852. The molecule has 0 amide bonds. The lowest BCUT2D eigenvalue weighted by molar-refractivity contribution is -0.0245. The lowest BCUT2D eigenvalue weighted by Crippen LogP contribution is -2.39. The van der Waals surface area contributed by atoms with Crippen LogP contribution in [0.5, 0.6) is 0 Å². The van der Waals surface area contributed by atoms with Crippen molar-refractivity contribution in [2.45, 2.75) is 51.6 Å². The third-order valence-electron chi connectivity index (χ3n) is 4.33. The van der Waals surface area contributed by atoms with Gasteiger partial charge in [0, 0.05) is 10.9 Å². The average molecular weight is 329 g/mol. The Kier molecular flexibility index (Phi) is 4.67. The van der Waals surface area contributed by atoms with Crippen molar-refractivity contribution in [2.24, 2.45) is 11.8 Å². The molecule has 3 heteroatoms. The maximum atomic E-state index is 13.8. The van der Waals surface area contributed by atoms with Crippen LogP contribution in [0, 0.1) is 17.7 Å². The SMILES string of the molecule is CC(C)C1CCCC(O)(Cc2cc(Br)ccc2F)C1. The Labute approximate surface area is 123 Å². The molecule has 2 rings (SSSR count). The van der Waals surface area contributed by atoms with Crippen molar-refractivity contribution in [1.29, 1.82) is 0 Å². The first-order chi connectivity index (χ1) is 8.89. The molecule has 0 aliphatic heterocycles. The summed E-state index contributed by atoms with van der Waals surface area (Å²) in [6, 6.07) is 4.94. The van der Waals surface area contributed by atoms with Crippen molar-refractivity contribution in [2.75, 3.05) is 0 Å². The van der Waals surface area contributed by atoms with Crippen LogP contribution >= 0.6 is 15.9 Å². The molecule has 1 fully saturated rings.